The highest BCUT2D eigenvalue weighted by Crippen LogP contribution is 2.31. The van der Waals surface area contributed by atoms with E-state index in [1.807, 2.05) is 6.92 Å². The first-order valence-electron chi connectivity index (χ1n) is 6.46. The van der Waals surface area contributed by atoms with Crippen LogP contribution in [0.3, 0.4) is 0 Å². The van der Waals surface area contributed by atoms with Crippen molar-refractivity contribution in [3.8, 4) is 0 Å². The molecular formula is C12H16N4O2S. The van der Waals surface area contributed by atoms with E-state index in [1.165, 1.54) is 21.9 Å². The fourth-order valence-corrected chi connectivity index (χ4v) is 2.93. The van der Waals surface area contributed by atoms with Gasteiger partial charge < -0.3 is 10.4 Å². The fraction of sp³-hybridized carbons (Fsp3) is 0.583. The van der Waals surface area contributed by atoms with Gasteiger partial charge in [-0.1, -0.05) is 18.3 Å². The van der Waals surface area contributed by atoms with Crippen LogP contribution in [-0.2, 0) is 6.42 Å². The number of anilines is 1. The highest BCUT2D eigenvalue weighted by molar-refractivity contribution is 7.20. The molecule has 102 valence electrons. The maximum absolute atomic E-state index is 11.8. The Labute approximate surface area is 114 Å². The summed E-state index contributed by atoms with van der Waals surface area (Å²) in [7, 11) is 0. The third-order valence-electron chi connectivity index (χ3n) is 3.51. The molecule has 2 heterocycles. The molecule has 19 heavy (non-hydrogen) atoms. The lowest BCUT2D eigenvalue weighted by Crippen LogP contribution is -2.43. The van der Waals surface area contributed by atoms with Gasteiger partial charge in [0.1, 0.15) is 0 Å². The lowest BCUT2D eigenvalue weighted by atomic mass is 9.80. The Morgan fingerprint density at radius 2 is 2.37 bits per heavy atom. The van der Waals surface area contributed by atoms with E-state index in [0.29, 0.717) is 16.6 Å². The summed E-state index contributed by atoms with van der Waals surface area (Å²) in [5.41, 5.74) is 0.0106. The molecule has 2 N–H and O–H groups in total. The third-order valence-corrected chi connectivity index (χ3v) is 4.38. The van der Waals surface area contributed by atoms with Crippen LogP contribution in [0, 0.1) is 0 Å². The van der Waals surface area contributed by atoms with Crippen molar-refractivity contribution in [1.29, 1.82) is 0 Å². The van der Waals surface area contributed by atoms with Crippen molar-refractivity contribution in [1.82, 2.24) is 14.6 Å². The second kappa shape index (κ2) is 4.57. The molecule has 1 saturated carbocycles. The largest absolute Gasteiger partial charge is 0.388 e. The van der Waals surface area contributed by atoms with Gasteiger partial charge in [0.2, 0.25) is 10.1 Å². The molecular weight excluding hydrogens is 264 g/mol. The number of aliphatic hydroxyl groups is 1. The van der Waals surface area contributed by atoms with E-state index >= 15 is 0 Å². The van der Waals surface area contributed by atoms with Crippen molar-refractivity contribution >= 4 is 21.4 Å². The molecule has 0 aliphatic heterocycles. The molecule has 7 heteroatoms. The summed E-state index contributed by atoms with van der Waals surface area (Å²) in [4.78, 5) is 16.8. The van der Waals surface area contributed by atoms with Crippen LogP contribution in [0.5, 0.6) is 0 Å². The van der Waals surface area contributed by atoms with Crippen LogP contribution in [-0.4, -0.2) is 31.9 Å². The Balaban J connectivity index is 1.85. The summed E-state index contributed by atoms with van der Waals surface area (Å²) >= 11 is 1.33. The van der Waals surface area contributed by atoms with Gasteiger partial charge in [0.05, 0.1) is 5.60 Å². The van der Waals surface area contributed by atoms with Gasteiger partial charge in [-0.05, 0) is 25.7 Å². The second-order valence-electron chi connectivity index (χ2n) is 4.97. The Morgan fingerprint density at radius 1 is 1.58 bits per heavy atom. The Bertz CT molecular complexity index is 659. The summed E-state index contributed by atoms with van der Waals surface area (Å²) in [6.07, 6.45) is 3.44. The van der Waals surface area contributed by atoms with Gasteiger partial charge >= 0.3 is 0 Å². The van der Waals surface area contributed by atoms with Crippen LogP contribution in [0.2, 0.25) is 0 Å². The highest BCUT2D eigenvalue weighted by atomic mass is 32.1. The minimum Gasteiger partial charge on any atom is -0.388 e. The molecule has 1 fully saturated rings. The predicted octanol–water partition coefficient (Wildman–Crippen LogP) is 1.04. The molecule has 6 nitrogen and oxygen atoms in total. The number of hydrogen-bond acceptors (Lipinski definition) is 6. The summed E-state index contributed by atoms with van der Waals surface area (Å²) < 4.78 is 1.30. The maximum atomic E-state index is 11.8. The number of aromatic nitrogens is 3. The zero-order chi connectivity index (χ0) is 13.5. The normalized spacial score (nSPS) is 17.4. The van der Waals surface area contributed by atoms with E-state index in [2.05, 4.69) is 15.4 Å². The molecule has 0 spiro atoms. The molecule has 0 radical (unpaired) electrons. The minimum atomic E-state index is -0.606. The van der Waals surface area contributed by atoms with Gasteiger partial charge in [0.15, 0.2) is 0 Å². The molecule has 3 rings (SSSR count). The maximum Gasteiger partial charge on any atom is 0.275 e. The minimum absolute atomic E-state index is 0.159. The van der Waals surface area contributed by atoms with Crippen LogP contribution >= 0.6 is 11.3 Å². The second-order valence-corrected chi connectivity index (χ2v) is 5.93. The molecule has 0 atom stereocenters. The molecule has 0 aromatic carbocycles. The van der Waals surface area contributed by atoms with Crippen molar-refractivity contribution in [2.24, 2.45) is 0 Å². The molecule has 0 unspecified atom stereocenters. The first-order chi connectivity index (χ1) is 9.09. The van der Waals surface area contributed by atoms with E-state index in [0.717, 1.165) is 31.4 Å². The smallest absolute Gasteiger partial charge is 0.275 e. The molecule has 2 aromatic heterocycles. The Kier molecular flexibility index (Phi) is 3.02. The van der Waals surface area contributed by atoms with E-state index in [4.69, 9.17) is 0 Å². The molecule has 0 bridgehead atoms. The fourth-order valence-electron chi connectivity index (χ4n) is 2.11. The zero-order valence-corrected chi connectivity index (χ0v) is 11.5. The van der Waals surface area contributed by atoms with Crippen LogP contribution in [0.4, 0.5) is 5.13 Å². The van der Waals surface area contributed by atoms with Crippen molar-refractivity contribution in [3.05, 3.63) is 22.1 Å². The van der Waals surface area contributed by atoms with Crippen molar-refractivity contribution in [3.63, 3.8) is 0 Å². The lowest BCUT2D eigenvalue weighted by Gasteiger charge is -2.36. The number of rotatable bonds is 4. The average molecular weight is 280 g/mol. The molecule has 0 amide bonds. The van der Waals surface area contributed by atoms with Crippen LogP contribution in [0.15, 0.2) is 10.9 Å². The summed E-state index contributed by atoms with van der Waals surface area (Å²) in [6, 6.07) is 1.51. The summed E-state index contributed by atoms with van der Waals surface area (Å²) in [5, 5.41) is 17.9. The van der Waals surface area contributed by atoms with Crippen LogP contribution < -0.4 is 10.9 Å². The van der Waals surface area contributed by atoms with Gasteiger partial charge in [0.25, 0.3) is 5.56 Å². The first-order valence-corrected chi connectivity index (χ1v) is 7.27. The van der Waals surface area contributed by atoms with E-state index < -0.39 is 5.60 Å². The number of fused-ring (bicyclic) bond motifs is 1. The quantitative estimate of drug-likeness (QED) is 0.875. The number of aryl methyl sites for hydroxylation is 1. The summed E-state index contributed by atoms with van der Waals surface area (Å²) in [5.74, 6) is 0. The van der Waals surface area contributed by atoms with E-state index in [9.17, 15) is 9.90 Å². The monoisotopic (exact) mass is 280 g/mol. The number of nitrogens with one attached hydrogen (secondary N) is 1. The van der Waals surface area contributed by atoms with Gasteiger partial charge in [-0.15, -0.1) is 5.10 Å². The van der Waals surface area contributed by atoms with Crippen LogP contribution in [0.25, 0.3) is 4.96 Å². The van der Waals surface area contributed by atoms with E-state index in [-0.39, 0.29) is 5.56 Å². The molecule has 2 aromatic rings. The van der Waals surface area contributed by atoms with Crippen LogP contribution in [0.1, 0.15) is 31.9 Å². The molecule has 1 aliphatic rings. The molecule has 1 aliphatic carbocycles. The Morgan fingerprint density at radius 3 is 3.00 bits per heavy atom. The highest BCUT2D eigenvalue weighted by Gasteiger charge is 2.34. The average Bonchev–Trinajstić information content (AvgIpc) is 2.77. The predicted molar refractivity (Wildman–Crippen MR) is 73.8 cm³/mol. The first kappa shape index (κ1) is 12.6. The Hall–Kier alpha value is -1.47. The van der Waals surface area contributed by atoms with Crippen molar-refractivity contribution in [2.45, 2.75) is 38.2 Å². The third kappa shape index (κ3) is 2.35. The standard InChI is InChI=1S/C12H16N4O2S/c1-2-8-6-9(17)16-11(14-8)19-10(15-16)13-7-12(18)4-3-5-12/h6,18H,2-5,7H2,1H3,(H,13,15). The van der Waals surface area contributed by atoms with E-state index in [1.54, 1.807) is 0 Å². The zero-order valence-electron chi connectivity index (χ0n) is 10.7. The van der Waals surface area contributed by atoms with Gasteiger partial charge in [-0.2, -0.15) is 4.52 Å². The number of nitrogens with zero attached hydrogens (tertiary/aromatic N) is 3. The van der Waals surface area contributed by atoms with Gasteiger partial charge in [-0.25, -0.2) is 4.98 Å². The molecule has 0 saturated heterocycles. The van der Waals surface area contributed by atoms with Crippen molar-refractivity contribution < 1.29 is 5.11 Å². The van der Waals surface area contributed by atoms with Gasteiger partial charge in [-0.3, -0.25) is 4.79 Å². The topological polar surface area (TPSA) is 79.5 Å². The lowest BCUT2D eigenvalue weighted by molar-refractivity contribution is -0.0202. The SMILES string of the molecule is CCc1cc(=O)n2nc(NCC3(O)CCC3)sc2n1. The number of hydrogen-bond donors (Lipinski definition) is 2. The van der Waals surface area contributed by atoms with Crippen molar-refractivity contribution in [2.75, 3.05) is 11.9 Å². The van der Waals surface area contributed by atoms with Gasteiger partial charge in [0, 0.05) is 18.3 Å². The summed E-state index contributed by atoms with van der Waals surface area (Å²) in [6.45, 7) is 2.44.